The topological polar surface area (TPSA) is 37.3 Å². The predicted molar refractivity (Wildman–Crippen MR) is 77.5 cm³/mol. The molecule has 1 aromatic carbocycles. The minimum Gasteiger partial charge on any atom is -0.378 e. The molecule has 0 spiro atoms. The lowest BCUT2D eigenvalue weighted by Crippen LogP contribution is -2.26. The third-order valence-corrected chi connectivity index (χ3v) is 2.97. The molecule has 0 aliphatic rings. The molecular weight excluding hydrogens is 238 g/mol. The molecule has 1 N–H and O–H groups in total. The molecule has 100 valence electrons. The number of rotatable bonds is 5. The van der Waals surface area contributed by atoms with Gasteiger partial charge in [-0.3, -0.25) is 4.79 Å². The van der Waals surface area contributed by atoms with E-state index in [9.17, 15) is 4.79 Å². The monoisotopic (exact) mass is 257 g/mol. The maximum absolute atomic E-state index is 11.9. The summed E-state index contributed by atoms with van der Waals surface area (Å²) in [5.74, 6) is -0.0301. The minimum absolute atomic E-state index is 0.0301. The van der Waals surface area contributed by atoms with Gasteiger partial charge >= 0.3 is 0 Å². The SMILES string of the molecule is CN(C)c1ccc(C(=O)NCCn2cccc2)cc1. The average Bonchev–Trinajstić information content (AvgIpc) is 2.92. The molecule has 0 radical (unpaired) electrons. The highest BCUT2D eigenvalue weighted by atomic mass is 16.1. The Morgan fingerprint density at radius 3 is 2.37 bits per heavy atom. The van der Waals surface area contributed by atoms with E-state index in [2.05, 4.69) is 5.32 Å². The quantitative estimate of drug-likeness (QED) is 0.889. The second-order valence-electron chi connectivity index (χ2n) is 4.62. The van der Waals surface area contributed by atoms with Crippen LogP contribution in [0, 0.1) is 0 Å². The van der Waals surface area contributed by atoms with Crippen LogP contribution in [0.1, 0.15) is 10.4 Å². The van der Waals surface area contributed by atoms with Crippen LogP contribution in [0.15, 0.2) is 48.8 Å². The Bertz CT molecular complexity index is 515. The number of nitrogens with zero attached hydrogens (tertiary/aromatic N) is 2. The Morgan fingerprint density at radius 2 is 1.79 bits per heavy atom. The molecule has 1 amide bonds. The Hall–Kier alpha value is -2.23. The summed E-state index contributed by atoms with van der Waals surface area (Å²) in [6.07, 6.45) is 3.97. The molecule has 4 heteroatoms. The number of nitrogens with one attached hydrogen (secondary N) is 1. The van der Waals surface area contributed by atoms with Gasteiger partial charge < -0.3 is 14.8 Å². The molecular formula is C15H19N3O. The largest absolute Gasteiger partial charge is 0.378 e. The van der Waals surface area contributed by atoms with E-state index >= 15 is 0 Å². The molecule has 0 unspecified atom stereocenters. The van der Waals surface area contributed by atoms with Crippen molar-refractivity contribution in [1.82, 2.24) is 9.88 Å². The summed E-state index contributed by atoms with van der Waals surface area (Å²) in [6, 6.07) is 11.5. The first-order valence-electron chi connectivity index (χ1n) is 6.33. The van der Waals surface area contributed by atoms with Gasteiger partial charge in [-0.05, 0) is 36.4 Å². The van der Waals surface area contributed by atoms with E-state index in [-0.39, 0.29) is 5.91 Å². The first kappa shape index (κ1) is 13.2. The summed E-state index contributed by atoms with van der Waals surface area (Å²) in [7, 11) is 3.96. The van der Waals surface area contributed by atoms with Gasteiger partial charge in [-0.2, -0.15) is 0 Å². The van der Waals surface area contributed by atoms with Crippen LogP contribution in [0.2, 0.25) is 0 Å². The summed E-state index contributed by atoms with van der Waals surface area (Å²) in [6.45, 7) is 1.41. The molecule has 1 heterocycles. The van der Waals surface area contributed by atoms with Gasteiger partial charge in [-0.15, -0.1) is 0 Å². The Labute approximate surface area is 113 Å². The fourth-order valence-corrected chi connectivity index (χ4v) is 1.83. The molecule has 0 atom stereocenters. The molecule has 0 aliphatic heterocycles. The van der Waals surface area contributed by atoms with Crippen molar-refractivity contribution in [2.45, 2.75) is 6.54 Å². The highest BCUT2D eigenvalue weighted by Crippen LogP contribution is 2.11. The lowest BCUT2D eigenvalue weighted by Gasteiger charge is -2.12. The molecule has 0 fully saturated rings. The Kier molecular flexibility index (Phi) is 4.23. The van der Waals surface area contributed by atoms with Crippen molar-refractivity contribution in [2.75, 3.05) is 25.5 Å². The van der Waals surface area contributed by atoms with Gasteiger partial charge in [0.1, 0.15) is 0 Å². The van der Waals surface area contributed by atoms with Gasteiger partial charge in [0.05, 0.1) is 0 Å². The smallest absolute Gasteiger partial charge is 0.251 e. The first-order valence-corrected chi connectivity index (χ1v) is 6.33. The van der Waals surface area contributed by atoms with Crippen molar-refractivity contribution in [1.29, 1.82) is 0 Å². The van der Waals surface area contributed by atoms with Crippen molar-refractivity contribution >= 4 is 11.6 Å². The number of amides is 1. The van der Waals surface area contributed by atoms with Gasteiger partial charge in [-0.25, -0.2) is 0 Å². The van der Waals surface area contributed by atoms with Crippen LogP contribution in [0.4, 0.5) is 5.69 Å². The molecule has 2 aromatic rings. The van der Waals surface area contributed by atoms with Crippen LogP contribution in [0.3, 0.4) is 0 Å². The van der Waals surface area contributed by atoms with Gasteiger partial charge in [0.2, 0.25) is 0 Å². The zero-order chi connectivity index (χ0) is 13.7. The summed E-state index contributed by atoms with van der Waals surface area (Å²) in [4.78, 5) is 13.9. The summed E-state index contributed by atoms with van der Waals surface area (Å²) in [5, 5.41) is 2.91. The third kappa shape index (κ3) is 3.61. The Morgan fingerprint density at radius 1 is 1.16 bits per heavy atom. The van der Waals surface area contributed by atoms with Crippen molar-refractivity contribution in [3.63, 3.8) is 0 Å². The fourth-order valence-electron chi connectivity index (χ4n) is 1.83. The van der Waals surface area contributed by atoms with Crippen LogP contribution >= 0.6 is 0 Å². The van der Waals surface area contributed by atoms with Crippen molar-refractivity contribution < 1.29 is 4.79 Å². The number of carbonyl (C=O) groups is 1. The molecule has 4 nitrogen and oxygen atoms in total. The number of anilines is 1. The van der Waals surface area contributed by atoms with E-state index in [1.54, 1.807) is 0 Å². The second-order valence-corrected chi connectivity index (χ2v) is 4.62. The van der Waals surface area contributed by atoms with Crippen molar-refractivity contribution in [2.24, 2.45) is 0 Å². The van der Waals surface area contributed by atoms with E-state index < -0.39 is 0 Å². The molecule has 0 saturated carbocycles. The number of hydrogen-bond acceptors (Lipinski definition) is 2. The van der Waals surface area contributed by atoms with Crippen LogP contribution in [-0.2, 0) is 6.54 Å². The predicted octanol–water partition coefficient (Wildman–Crippen LogP) is 1.98. The average molecular weight is 257 g/mol. The zero-order valence-electron chi connectivity index (χ0n) is 11.3. The maximum atomic E-state index is 11.9. The molecule has 0 aliphatic carbocycles. The van der Waals surface area contributed by atoms with E-state index in [0.29, 0.717) is 12.1 Å². The molecule has 0 bridgehead atoms. The van der Waals surface area contributed by atoms with E-state index in [1.807, 2.05) is 72.4 Å². The number of hydrogen-bond donors (Lipinski definition) is 1. The minimum atomic E-state index is -0.0301. The van der Waals surface area contributed by atoms with E-state index in [0.717, 1.165) is 12.2 Å². The molecule has 0 saturated heterocycles. The summed E-state index contributed by atoms with van der Waals surface area (Å²) >= 11 is 0. The lowest BCUT2D eigenvalue weighted by atomic mass is 10.2. The zero-order valence-corrected chi connectivity index (χ0v) is 11.3. The maximum Gasteiger partial charge on any atom is 0.251 e. The lowest BCUT2D eigenvalue weighted by molar-refractivity contribution is 0.0952. The normalized spacial score (nSPS) is 10.2. The third-order valence-electron chi connectivity index (χ3n) is 2.97. The van der Waals surface area contributed by atoms with Crippen LogP contribution < -0.4 is 10.2 Å². The number of benzene rings is 1. The molecule has 19 heavy (non-hydrogen) atoms. The number of aromatic nitrogens is 1. The van der Waals surface area contributed by atoms with E-state index in [1.165, 1.54) is 0 Å². The summed E-state index contributed by atoms with van der Waals surface area (Å²) < 4.78 is 2.04. The summed E-state index contributed by atoms with van der Waals surface area (Å²) in [5.41, 5.74) is 1.78. The van der Waals surface area contributed by atoms with Crippen LogP contribution in [0.5, 0.6) is 0 Å². The highest BCUT2D eigenvalue weighted by molar-refractivity contribution is 5.94. The van der Waals surface area contributed by atoms with Crippen molar-refractivity contribution in [3.8, 4) is 0 Å². The highest BCUT2D eigenvalue weighted by Gasteiger charge is 2.04. The molecule has 2 rings (SSSR count). The first-order chi connectivity index (χ1) is 9.16. The van der Waals surface area contributed by atoms with Gasteiger partial charge in [0, 0.05) is 50.8 Å². The van der Waals surface area contributed by atoms with Gasteiger partial charge in [0.15, 0.2) is 0 Å². The van der Waals surface area contributed by atoms with Gasteiger partial charge in [0.25, 0.3) is 5.91 Å². The van der Waals surface area contributed by atoms with Gasteiger partial charge in [-0.1, -0.05) is 0 Å². The van der Waals surface area contributed by atoms with Crippen LogP contribution in [0.25, 0.3) is 0 Å². The number of carbonyl (C=O) groups excluding carboxylic acids is 1. The standard InChI is InChI=1S/C15H19N3O/c1-17(2)14-7-5-13(6-8-14)15(19)16-9-12-18-10-3-4-11-18/h3-8,10-11H,9,12H2,1-2H3,(H,16,19). The van der Waals surface area contributed by atoms with Crippen LogP contribution in [-0.4, -0.2) is 31.1 Å². The second kappa shape index (κ2) is 6.09. The van der Waals surface area contributed by atoms with Crippen molar-refractivity contribution in [3.05, 3.63) is 54.4 Å². The molecule has 1 aromatic heterocycles. The van der Waals surface area contributed by atoms with E-state index in [4.69, 9.17) is 0 Å². The Balaban J connectivity index is 1.85. The fraction of sp³-hybridized carbons (Fsp3) is 0.267.